The number of aliphatic hydroxyl groups excluding tert-OH is 1. The highest BCUT2D eigenvalue weighted by Crippen LogP contribution is 2.38. The molecular formula is C19H22O5S. The van der Waals surface area contributed by atoms with Gasteiger partial charge >= 0.3 is 0 Å². The second kappa shape index (κ2) is 7.45. The Balaban J connectivity index is 1.59. The summed E-state index contributed by atoms with van der Waals surface area (Å²) in [6.45, 7) is 0.358. The average Bonchev–Trinajstić information content (AvgIpc) is 2.95. The van der Waals surface area contributed by atoms with E-state index < -0.39 is 15.9 Å². The standard InChI is InChI=1S/C19H22O5S/c1-25(21,22)13-3-12-23-14-6-8-15(9-7-14)24-19-5-2-4-16-17(19)10-11-18(16)20/h2,4-9,18,20H,3,10-13H2,1H3/t18-/m0/s1. The second-order valence-electron chi connectivity index (χ2n) is 6.28. The van der Waals surface area contributed by atoms with Gasteiger partial charge in [-0.25, -0.2) is 8.42 Å². The summed E-state index contributed by atoms with van der Waals surface area (Å²) in [6.07, 6.45) is 2.83. The Morgan fingerprint density at radius 2 is 1.84 bits per heavy atom. The molecule has 5 nitrogen and oxygen atoms in total. The lowest BCUT2D eigenvalue weighted by Gasteiger charge is -2.12. The summed E-state index contributed by atoms with van der Waals surface area (Å²) in [5.41, 5.74) is 2.01. The van der Waals surface area contributed by atoms with Crippen LogP contribution in [0.4, 0.5) is 0 Å². The van der Waals surface area contributed by atoms with Crippen LogP contribution in [0.1, 0.15) is 30.1 Å². The maximum absolute atomic E-state index is 11.1. The lowest BCUT2D eigenvalue weighted by atomic mass is 10.1. The first kappa shape index (κ1) is 17.8. The lowest BCUT2D eigenvalue weighted by Crippen LogP contribution is -2.07. The highest BCUT2D eigenvalue weighted by molar-refractivity contribution is 7.90. The van der Waals surface area contributed by atoms with Gasteiger partial charge in [-0.3, -0.25) is 0 Å². The predicted octanol–water partition coefficient (Wildman–Crippen LogP) is 3.27. The summed E-state index contributed by atoms with van der Waals surface area (Å²) >= 11 is 0. The van der Waals surface area contributed by atoms with Crippen LogP contribution in [-0.2, 0) is 16.3 Å². The number of aliphatic hydroxyl groups is 1. The van der Waals surface area contributed by atoms with Crippen molar-refractivity contribution in [2.75, 3.05) is 18.6 Å². The topological polar surface area (TPSA) is 72.8 Å². The van der Waals surface area contributed by atoms with Crippen molar-refractivity contribution in [3.63, 3.8) is 0 Å². The molecule has 0 saturated heterocycles. The van der Waals surface area contributed by atoms with E-state index in [-0.39, 0.29) is 5.75 Å². The maximum atomic E-state index is 11.1. The Morgan fingerprint density at radius 1 is 1.12 bits per heavy atom. The van der Waals surface area contributed by atoms with Crippen LogP contribution >= 0.6 is 0 Å². The van der Waals surface area contributed by atoms with Crippen molar-refractivity contribution in [1.29, 1.82) is 0 Å². The minimum absolute atomic E-state index is 0.124. The molecule has 0 fully saturated rings. The first-order chi connectivity index (χ1) is 11.9. The minimum Gasteiger partial charge on any atom is -0.494 e. The van der Waals surface area contributed by atoms with E-state index in [2.05, 4.69) is 0 Å². The molecule has 0 spiro atoms. The van der Waals surface area contributed by atoms with Gasteiger partial charge in [0.2, 0.25) is 0 Å². The Bertz CT molecular complexity index is 827. The van der Waals surface area contributed by atoms with Gasteiger partial charge in [0.15, 0.2) is 0 Å². The van der Waals surface area contributed by atoms with E-state index in [4.69, 9.17) is 9.47 Å². The molecule has 2 aromatic rings. The zero-order chi connectivity index (χ0) is 17.9. The molecule has 0 aromatic heterocycles. The molecule has 1 aliphatic carbocycles. The molecule has 1 atom stereocenters. The molecule has 0 bridgehead atoms. The third kappa shape index (κ3) is 4.74. The SMILES string of the molecule is CS(=O)(=O)CCCOc1ccc(Oc2cccc3c2CC[C@@H]3O)cc1. The lowest BCUT2D eigenvalue weighted by molar-refractivity contribution is 0.180. The van der Waals surface area contributed by atoms with E-state index in [1.165, 1.54) is 6.26 Å². The molecule has 25 heavy (non-hydrogen) atoms. The fourth-order valence-corrected chi connectivity index (χ4v) is 3.58. The van der Waals surface area contributed by atoms with Crippen molar-refractivity contribution in [2.24, 2.45) is 0 Å². The summed E-state index contributed by atoms with van der Waals surface area (Å²) in [5.74, 6) is 2.27. The van der Waals surface area contributed by atoms with E-state index in [1.54, 1.807) is 12.1 Å². The summed E-state index contributed by atoms with van der Waals surface area (Å²) in [5, 5.41) is 9.95. The Labute approximate surface area is 148 Å². The van der Waals surface area contributed by atoms with Crippen LogP contribution in [0.25, 0.3) is 0 Å². The van der Waals surface area contributed by atoms with Gasteiger partial charge in [0.1, 0.15) is 27.1 Å². The monoisotopic (exact) mass is 362 g/mol. The summed E-state index contributed by atoms with van der Waals surface area (Å²) < 4.78 is 33.6. The van der Waals surface area contributed by atoms with Gasteiger partial charge in [0.05, 0.1) is 18.5 Å². The zero-order valence-electron chi connectivity index (χ0n) is 14.1. The summed E-state index contributed by atoms with van der Waals surface area (Å²) in [6, 6.07) is 13.0. The van der Waals surface area contributed by atoms with Gasteiger partial charge in [-0.1, -0.05) is 12.1 Å². The van der Waals surface area contributed by atoms with Gasteiger partial charge in [0, 0.05) is 11.8 Å². The van der Waals surface area contributed by atoms with E-state index in [0.29, 0.717) is 24.5 Å². The molecule has 0 aliphatic heterocycles. The number of hydrogen-bond donors (Lipinski definition) is 1. The summed E-state index contributed by atoms with van der Waals surface area (Å²) in [7, 11) is -2.95. The van der Waals surface area contributed by atoms with Gasteiger partial charge in [-0.2, -0.15) is 0 Å². The van der Waals surface area contributed by atoms with Gasteiger partial charge in [-0.15, -0.1) is 0 Å². The molecule has 1 aliphatic rings. The Kier molecular flexibility index (Phi) is 5.30. The zero-order valence-corrected chi connectivity index (χ0v) is 15.0. The second-order valence-corrected chi connectivity index (χ2v) is 8.54. The van der Waals surface area contributed by atoms with E-state index in [0.717, 1.165) is 29.7 Å². The summed E-state index contributed by atoms with van der Waals surface area (Å²) in [4.78, 5) is 0. The van der Waals surface area contributed by atoms with Crippen LogP contribution in [0, 0.1) is 0 Å². The van der Waals surface area contributed by atoms with Crippen LogP contribution < -0.4 is 9.47 Å². The van der Waals surface area contributed by atoms with Crippen LogP contribution in [0.5, 0.6) is 17.2 Å². The van der Waals surface area contributed by atoms with Crippen LogP contribution in [-0.4, -0.2) is 32.1 Å². The number of benzene rings is 2. The highest BCUT2D eigenvalue weighted by Gasteiger charge is 2.23. The molecule has 2 aromatic carbocycles. The molecule has 6 heteroatoms. The van der Waals surface area contributed by atoms with Crippen molar-refractivity contribution in [3.05, 3.63) is 53.6 Å². The third-order valence-corrected chi connectivity index (χ3v) is 5.21. The maximum Gasteiger partial charge on any atom is 0.147 e. The molecule has 0 saturated carbocycles. The normalized spacial score (nSPS) is 16.5. The first-order valence-corrected chi connectivity index (χ1v) is 10.4. The molecule has 0 unspecified atom stereocenters. The van der Waals surface area contributed by atoms with Crippen LogP contribution in [0.3, 0.4) is 0 Å². The molecule has 0 radical (unpaired) electrons. The highest BCUT2D eigenvalue weighted by atomic mass is 32.2. The molecule has 1 N–H and O–H groups in total. The smallest absolute Gasteiger partial charge is 0.147 e. The minimum atomic E-state index is -2.95. The molecule has 0 amide bonds. The average molecular weight is 362 g/mol. The first-order valence-electron chi connectivity index (χ1n) is 8.31. The number of hydrogen-bond acceptors (Lipinski definition) is 5. The van der Waals surface area contributed by atoms with Crippen molar-refractivity contribution < 1.29 is 23.0 Å². The third-order valence-electron chi connectivity index (χ3n) is 4.18. The molecule has 3 rings (SSSR count). The molecule has 0 heterocycles. The van der Waals surface area contributed by atoms with Crippen LogP contribution in [0.15, 0.2) is 42.5 Å². The van der Waals surface area contributed by atoms with E-state index in [1.807, 2.05) is 30.3 Å². The number of rotatable bonds is 7. The van der Waals surface area contributed by atoms with Crippen molar-refractivity contribution in [1.82, 2.24) is 0 Å². The number of fused-ring (bicyclic) bond motifs is 1. The molecular weight excluding hydrogens is 340 g/mol. The fourth-order valence-electron chi connectivity index (χ4n) is 2.94. The van der Waals surface area contributed by atoms with Crippen molar-refractivity contribution in [2.45, 2.75) is 25.4 Å². The molecule has 134 valence electrons. The van der Waals surface area contributed by atoms with Crippen molar-refractivity contribution >= 4 is 9.84 Å². The number of ether oxygens (including phenoxy) is 2. The van der Waals surface area contributed by atoms with Crippen molar-refractivity contribution in [3.8, 4) is 17.2 Å². The fraction of sp³-hybridized carbons (Fsp3) is 0.368. The number of sulfone groups is 1. The van der Waals surface area contributed by atoms with E-state index >= 15 is 0 Å². The Morgan fingerprint density at radius 3 is 2.56 bits per heavy atom. The predicted molar refractivity (Wildman–Crippen MR) is 96.1 cm³/mol. The van der Waals surface area contributed by atoms with Gasteiger partial charge in [0.25, 0.3) is 0 Å². The largest absolute Gasteiger partial charge is 0.494 e. The van der Waals surface area contributed by atoms with Crippen LogP contribution in [0.2, 0.25) is 0 Å². The van der Waals surface area contributed by atoms with E-state index in [9.17, 15) is 13.5 Å². The van der Waals surface area contributed by atoms with Gasteiger partial charge in [-0.05, 0) is 55.2 Å². The Hall–Kier alpha value is -2.05. The van der Waals surface area contributed by atoms with Gasteiger partial charge < -0.3 is 14.6 Å². The quantitative estimate of drug-likeness (QED) is 0.765.